The molecule has 66 valence electrons. The van der Waals surface area contributed by atoms with Crippen molar-refractivity contribution in [3.8, 4) is 0 Å². The third-order valence-corrected chi connectivity index (χ3v) is 1.93. The van der Waals surface area contributed by atoms with E-state index in [1.165, 1.54) is 0 Å². The lowest BCUT2D eigenvalue weighted by molar-refractivity contribution is 0.486. The van der Waals surface area contributed by atoms with E-state index in [9.17, 15) is 0 Å². The number of thiol groups is 1. The molecule has 0 aromatic carbocycles. The van der Waals surface area contributed by atoms with Crippen molar-refractivity contribution >= 4 is 12.6 Å². The number of likely N-dealkylation sites (N-methyl/N-ethyl adjacent to an activating group) is 1. The number of hydrogen-bond donors (Lipinski definition) is 2. The van der Waals surface area contributed by atoms with Crippen molar-refractivity contribution in [3.63, 3.8) is 0 Å². The molecule has 2 nitrogen and oxygen atoms in total. The summed E-state index contributed by atoms with van der Waals surface area (Å²) in [6.07, 6.45) is 0.740. The van der Waals surface area contributed by atoms with Crippen LogP contribution in [0.3, 0.4) is 0 Å². The Morgan fingerprint density at radius 3 is 2.75 bits per heavy atom. The van der Waals surface area contributed by atoms with Crippen molar-refractivity contribution in [2.45, 2.75) is 12.2 Å². The smallest absolute Gasteiger partial charge is 0.113 e. The van der Waals surface area contributed by atoms with Crippen LogP contribution in [0.4, 0.5) is 0 Å². The largest absolute Gasteiger partial charge is 0.465 e. The maximum absolute atomic E-state index is 5.43. The fraction of sp³-hybridized carbons (Fsp3) is 0.333. The van der Waals surface area contributed by atoms with Crippen molar-refractivity contribution < 1.29 is 4.42 Å². The van der Waals surface area contributed by atoms with Gasteiger partial charge in [0.2, 0.25) is 0 Å². The zero-order valence-corrected chi connectivity index (χ0v) is 8.03. The zero-order valence-electron chi connectivity index (χ0n) is 7.13. The van der Waals surface area contributed by atoms with E-state index >= 15 is 0 Å². The van der Waals surface area contributed by atoms with Gasteiger partial charge in [-0.25, -0.2) is 0 Å². The van der Waals surface area contributed by atoms with Crippen LogP contribution in [0.15, 0.2) is 28.8 Å². The van der Waals surface area contributed by atoms with Crippen molar-refractivity contribution in [2.24, 2.45) is 0 Å². The Labute approximate surface area is 78.1 Å². The molecule has 0 amide bonds. The van der Waals surface area contributed by atoms with Crippen LogP contribution in [-0.4, -0.2) is 7.05 Å². The highest BCUT2D eigenvalue weighted by atomic mass is 32.1. The first-order valence-electron chi connectivity index (χ1n) is 3.80. The monoisotopic (exact) mass is 183 g/mol. The lowest BCUT2D eigenvalue weighted by Gasteiger charge is -2.00. The van der Waals surface area contributed by atoms with Crippen molar-refractivity contribution in [3.05, 3.63) is 35.9 Å². The Bertz CT molecular complexity index is 267. The highest BCUT2D eigenvalue weighted by molar-refractivity contribution is 7.79. The van der Waals surface area contributed by atoms with Gasteiger partial charge in [-0.3, -0.25) is 0 Å². The number of allylic oxidation sites excluding steroid dienone is 1. The molecule has 1 aromatic rings. The Hall–Kier alpha value is -0.830. The fourth-order valence-corrected chi connectivity index (χ4v) is 1.07. The average molecular weight is 183 g/mol. The number of nitrogens with one attached hydrogen (secondary N) is 1. The van der Waals surface area contributed by atoms with Gasteiger partial charge in [0.1, 0.15) is 11.5 Å². The summed E-state index contributed by atoms with van der Waals surface area (Å²) in [6, 6.07) is 3.89. The van der Waals surface area contributed by atoms with Crippen LogP contribution in [0, 0.1) is 0 Å². The number of furan rings is 1. The lowest BCUT2D eigenvalue weighted by atomic mass is 10.3. The van der Waals surface area contributed by atoms with Gasteiger partial charge in [-0.2, -0.15) is 12.6 Å². The minimum atomic E-state index is 0.645. The molecule has 0 spiro atoms. The van der Waals surface area contributed by atoms with Crippen LogP contribution in [0.5, 0.6) is 0 Å². The van der Waals surface area contributed by atoms with Crippen molar-refractivity contribution in [1.29, 1.82) is 0 Å². The number of rotatable bonds is 4. The van der Waals surface area contributed by atoms with E-state index in [-0.39, 0.29) is 0 Å². The molecule has 3 heteroatoms. The maximum atomic E-state index is 5.43. The van der Waals surface area contributed by atoms with Gasteiger partial charge in [0, 0.05) is 24.9 Å². The predicted molar refractivity (Wildman–Crippen MR) is 53.3 cm³/mol. The molecule has 0 bridgehead atoms. The third kappa shape index (κ3) is 2.34. The van der Waals surface area contributed by atoms with Crippen LogP contribution < -0.4 is 5.32 Å². The fourth-order valence-electron chi connectivity index (χ4n) is 0.901. The van der Waals surface area contributed by atoms with Gasteiger partial charge in [0.15, 0.2) is 0 Å². The molecule has 1 aromatic heterocycles. The molecule has 0 aliphatic carbocycles. The Kier molecular flexibility index (Phi) is 3.29. The molecule has 0 atom stereocenters. The minimum Gasteiger partial charge on any atom is -0.465 e. The van der Waals surface area contributed by atoms with Gasteiger partial charge >= 0.3 is 0 Å². The molecule has 0 saturated carbocycles. The first-order valence-corrected chi connectivity index (χ1v) is 4.43. The second-order valence-corrected chi connectivity index (χ2v) is 2.87. The van der Waals surface area contributed by atoms with Gasteiger partial charge in [-0.15, -0.1) is 0 Å². The summed E-state index contributed by atoms with van der Waals surface area (Å²) in [4.78, 5) is 0. The molecule has 0 radical (unpaired) electrons. The standard InChI is InChI=1S/C9H13NOS/c1-7(10-2)5-8-3-4-9(6-12)11-8/h3-4,10,12H,1,5-6H2,2H3. The molecule has 0 unspecified atom stereocenters. The summed E-state index contributed by atoms with van der Waals surface area (Å²) in [5, 5.41) is 2.97. The van der Waals surface area contributed by atoms with E-state index in [1.54, 1.807) is 0 Å². The van der Waals surface area contributed by atoms with Gasteiger partial charge in [-0.05, 0) is 12.1 Å². The Balaban J connectivity index is 2.58. The molecular weight excluding hydrogens is 170 g/mol. The SMILES string of the molecule is C=C(Cc1ccc(CS)o1)NC. The molecular formula is C9H13NOS. The van der Waals surface area contributed by atoms with Crippen molar-refractivity contribution in [1.82, 2.24) is 5.32 Å². The molecule has 0 aliphatic rings. The van der Waals surface area contributed by atoms with Crippen LogP contribution in [0.1, 0.15) is 11.5 Å². The van der Waals surface area contributed by atoms with Crippen LogP contribution in [0.2, 0.25) is 0 Å². The highest BCUT2D eigenvalue weighted by Gasteiger charge is 2.00. The summed E-state index contributed by atoms with van der Waals surface area (Å²) in [7, 11) is 1.85. The lowest BCUT2D eigenvalue weighted by Crippen LogP contribution is -2.06. The van der Waals surface area contributed by atoms with E-state index in [1.807, 2.05) is 19.2 Å². The van der Waals surface area contributed by atoms with E-state index in [4.69, 9.17) is 4.42 Å². The third-order valence-electron chi connectivity index (χ3n) is 1.61. The molecule has 0 aliphatic heterocycles. The Morgan fingerprint density at radius 1 is 1.58 bits per heavy atom. The quantitative estimate of drug-likeness (QED) is 0.698. The summed E-state index contributed by atoms with van der Waals surface area (Å²) >= 11 is 4.11. The van der Waals surface area contributed by atoms with Gasteiger partial charge < -0.3 is 9.73 Å². The Morgan fingerprint density at radius 2 is 2.25 bits per heavy atom. The first-order chi connectivity index (χ1) is 5.76. The highest BCUT2D eigenvalue weighted by Crippen LogP contribution is 2.12. The molecule has 1 rings (SSSR count). The van der Waals surface area contributed by atoms with Gasteiger partial charge in [0.05, 0.1) is 0 Å². The zero-order chi connectivity index (χ0) is 8.97. The second-order valence-electron chi connectivity index (χ2n) is 2.56. The van der Waals surface area contributed by atoms with E-state index in [0.717, 1.165) is 23.6 Å². The summed E-state index contributed by atoms with van der Waals surface area (Å²) in [5.41, 5.74) is 0.954. The molecule has 12 heavy (non-hydrogen) atoms. The van der Waals surface area contributed by atoms with E-state index < -0.39 is 0 Å². The van der Waals surface area contributed by atoms with Gasteiger partial charge in [-0.1, -0.05) is 6.58 Å². The van der Waals surface area contributed by atoms with Crippen LogP contribution in [0.25, 0.3) is 0 Å². The molecule has 1 N–H and O–H groups in total. The van der Waals surface area contributed by atoms with E-state index in [0.29, 0.717) is 5.75 Å². The predicted octanol–water partition coefficient (Wildman–Crippen LogP) is 1.98. The van der Waals surface area contributed by atoms with E-state index in [2.05, 4.69) is 24.5 Å². The number of hydrogen-bond acceptors (Lipinski definition) is 3. The average Bonchev–Trinajstić information content (AvgIpc) is 2.52. The molecule has 1 heterocycles. The van der Waals surface area contributed by atoms with Crippen molar-refractivity contribution in [2.75, 3.05) is 7.05 Å². The van der Waals surface area contributed by atoms with Crippen LogP contribution >= 0.6 is 12.6 Å². The summed E-state index contributed by atoms with van der Waals surface area (Å²) < 4.78 is 5.43. The maximum Gasteiger partial charge on any atom is 0.113 e. The topological polar surface area (TPSA) is 25.2 Å². The summed E-state index contributed by atoms with van der Waals surface area (Å²) in [5.74, 6) is 2.47. The summed E-state index contributed by atoms with van der Waals surface area (Å²) in [6.45, 7) is 3.81. The van der Waals surface area contributed by atoms with Gasteiger partial charge in [0.25, 0.3) is 0 Å². The molecule has 0 fully saturated rings. The second kappa shape index (κ2) is 4.26. The first kappa shape index (κ1) is 9.26. The minimum absolute atomic E-state index is 0.645. The van der Waals surface area contributed by atoms with Crippen LogP contribution in [-0.2, 0) is 12.2 Å². The normalized spacial score (nSPS) is 9.83. The molecule has 0 saturated heterocycles.